The number of amides is 1. The van der Waals surface area contributed by atoms with E-state index in [2.05, 4.69) is 10.5 Å². The van der Waals surface area contributed by atoms with Crippen LogP contribution in [0.25, 0.3) is 6.08 Å². The highest BCUT2D eigenvalue weighted by molar-refractivity contribution is 6.35. The van der Waals surface area contributed by atoms with Crippen LogP contribution in [0, 0.1) is 0 Å². The summed E-state index contributed by atoms with van der Waals surface area (Å²) in [6.45, 7) is -0.227. The van der Waals surface area contributed by atoms with Gasteiger partial charge in [-0.25, -0.2) is 5.43 Å². The number of nitrogens with one attached hydrogen (secondary N) is 1. The molecule has 3 aromatic carbocycles. The van der Waals surface area contributed by atoms with E-state index in [4.69, 9.17) is 27.9 Å². The largest absolute Gasteiger partial charge is 0.482 e. The molecular formula is C23H18Cl2N2O2. The van der Waals surface area contributed by atoms with E-state index in [1.165, 1.54) is 0 Å². The maximum absolute atomic E-state index is 12.2. The first-order chi connectivity index (χ1) is 14.1. The van der Waals surface area contributed by atoms with Crippen molar-refractivity contribution in [2.45, 2.75) is 0 Å². The van der Waals surface area contributed by atoms with Gasteiger partial charge in [-0.3, -0.25) is 4.79 Å². The molecule has 0 saturated heterocycles. The Labute approximate surface area is 179 Å². The summed E-state index contributed by atoms with van der Waals surface area (Å²) in [7, 11) is 0. The Hall–Kier alpha value is -3.08. The van der Waals surface area contributed by atoms with Gasteiger partial charge < -0.3 is 4.74 Å². The van der Waals surface area contributed by atoms with E-state index in [9.17, 15) is 4.79 Å². The average molecular weight is 425 g/mol. The van der Waals surface area contributed by atoms with E-state index in [1.807, 2.05) is 72.8 Å². The molecule has 0 heterocycles. The van der Waals surface area contributed by atoms with Crippen molar-refractivity contribution in [3.05, 3.63) is 106 Å². The summed E-state index contributed by atoms with van der Waals surface area (Å²) in [4.78, 5) is 12.2. The van der Waals surface area contributed by atoms with Gasteiger partial charge in [0.2, 0.25) is 0 Å². The van der Waals surface area contributed by atoms with Crippen LogP contribution in [0.3, 0.4) is 0 Å². The average Bonchev–Trinajstić information content (AvgIpc) is 2.74. The van der Waals surface area contributed by atoms with Gasteiger partial charge in [0.15, 0.2) is 6.61 Å². The lowest BCUT2D eigenvalue weighted by Gasteiger charge is -2.08. The molecule has 0 aliphatic rings. The number of hydrogen-bond donors (Lipinski definition) is 1. The number of hydrazone groups is 1. The van der Waals surface area contributed by atoms with Gasteiger partial charge in [-0.05, 0) is 29.8 Å². The van der Waals surface area contributed by atoms with Crippen molar-refractivity contribution in [2.75, 3.05) is 6.61 Å². The molecule has 0 saturated carbocycles. The Balaban J connectivity index is 1.68. The lowest BCUT2D eigenvalue weighted by atomic mass is 10.1. The zero-order valence-corrected chi connectivity index (χ0v) is 16.9. The Morgan fingerprint density at radius 1 is 0.966 bits per heavy atom. The highest BCUT2D eigenvalue weighted by Gasteiger charge is 2.07. The molecule has 0 unspecified atom stereocenters. The first-order valence-corrected chi connectivity index (χ1v) is 9.60. The number of halogens is 2. The Bertz CT molecular complexity index is 1020. The van der Waals surface area contributed by atoms with Gasteiger partial charge in [-0.15, -0.1) is 0 Å². The fourth-order valence-electron chi connectivity index (χ4n) is 2.44. The van der Waals surface area contributed by atoms with Gasteiger partial charge in [0.25, 0.3) is 5.91 Å². The van der Waals surface area contributed by atoms with Crippen molar-refractivity contribution in [1.82, 2.24) is 5.43 Å². The summed E-state index contributed by atoms with van der Waals surface area (Å²) in [6.07, 6.45) is 3.78. The van der Waals surface area contributed by atoms with Crippen LogP contribution in [-0.4, -0.2) is 18.2 Å². The molecule has 0 atom stereocenters. The fraction of sp³-hybridized carbons (Fsp3) is 0.0435. The minimum Gasteiger partial charge on any atom is -0.482 e. The van der Waals surface area contributed by atoms with Gasteiger partial charge in [-0.1, -0.05) is 89.9 Å². The van der Waals surface area contributed by atoms with Gasteiger partial charge in [0, 0.05) is 10.6 Å². The first-order valence-electron chi connectivity index (χ1n) is 8.85. The maximum Gasteiger partial charge on any atom is 0.277 e. The zero-order chi connectivity index (χ0) is 20.5. The van der Waals surface area contributed by atoms with Crippen LogP contribution < -0.4 is 10.2 Å². The number of carbonyl (C=O) groups is 1. The molecule has 3 aromatic rings. The Kier molecular flexibility index (Phi) is 7.45. The van der Waals surface area contributed by atoms with Gasteiger partial charge in [-0.2, -0.15) is 5.10 Å². The smallest absolute Gasteiger partial charge is 0.277 e. The first kappa shape index (κ1) is 20.6. The molecule has 6 heteroatoms. The molecule has 3 rings (SSSR count). The summed E-state index contributed by atoms with van der Waals surface area (Å²) in [6, 6.07) is 24.2. The summed E-state index contributed by atoms with van der Waals surface area (Å²) in [5.41, 5.74) is 5.05. The van der Waals surface area contributed by atoms with Crippen molar-refractivity contribution in [3.8, 4) is 5.75 Å². The molecule has 0 aromatic heterocycles. The summed E-state index contributed by atoms with van der Waals surface area (Å²) >= 11 is 11.9. The van der Waals surface area contributed by atoms with Gasteiger partial charge in [0.05, 0.1) is 10.7 Å². The summed E-state index contributed by atoms with van der Waals surface area (Å²) in [5, 5.41) is 5.09. The van der Waals surface area contributed by atoms with Crippen molar-refractivity contribution in [3.63, 3.8) is 0 Å². The van der Waals surface area contributed by atoms with Crippen LogP contribution in [0.4, 0.5) is 0 Å². The molecule has 29 heavy (non-hydrogen) atoms. The molecule has 0 fully saturated rings. The van der Waals surface area contributed by atoms with E-state index in [-0.39, 0.29) is 6.61 Å². The fourth-order valence-corrected chi connectivity index (χ4v) is 2.90. The van der Waals surface area contributed by atoms with Crippen LogP contribution >= 0.6 is 23.2 Å². The third-order valence-electron chi connectivity index (χ3n) is 3.86. The number of allylic oxidation sites excluding steroid dienone is 1. The van der Waals surface area contributed by atoms with Crippen LogP contribution in [-0.2, 0) is 4.79 Å². The second kappa shape index (κ2) is 10.5. The number of rotatable bonds is 7. The molecule has 1 N–H and O–H groups in total. The maximum atomic E-state index is 12.2. The molecule has 0 bridgehead atoms. The van der Waals surface area contributed by atoms with Crippen LogP contribution in [0.1, 0.15) is 11.1 Å². The van der Waals surface area contributed by atoms with Crippen molar-refractivity contribution in [2.24, 2.45) is 5.10 Å². The Morgan fingerprint density at radius 2 is 1.66 bits per heavy atom. The summed E-state index contributed by atoms with van der Waals surface area (Å²) < 4.78 is 5.43. The van der Waals surface area contributed by atoms with Crippen LogP contribution in [0.5, 0.6) is 5.75 Å². The summed E-state index contributed by atoms with van der Waals surface area (Å²) in [5.74, 6) is -0.0278. The molecule has 1 amide bonds. The number of hydrogen-bond acceptors (Lipinski definition) is 3. The molecular weight excluding hydrogens is 407 g/mol. The lowest BCUT2D eigenvalue weighted by Crippen LogP contribution is -2.25. The standard InChI is InChI=1S/C23H18Cl2N2O2/c24-19-12-14-22(20(25)15-19)29-16-23(28)27-26-21(18-9-5-2-6-10-18)13-11-17-7-3-1-4-8-17/h1-15H,16H2,(H,27,28)/b13-11-,26-21?. The lowest BCUT2D eigenvalue weighted by molar-refractivity contribution is -0.123. The number of carbonyl (C=O) groups excluding carboxylic acids is 1. The zero-order valence-electron chi connectivity index (χ0n) is 15.4. The van der Waals surface area contributed by atoms with Crippen molar-refractivity contribution >= 4 is 40.9 Å². The molecule has 0 aliphatic carbocycles. The second-order valence-corrected chi connectivity index (χ2v) is 6.85. The molecule has 0 aliphatic heterocycles. The van der Waals surface area contributed by atoms with Crippen LogP contribution in [0.2, 0.25) is 10.0 Å². The number of nitrogens with zero attached hydrogens (tertiary/aromatic N) is 1. The quantitative estimate of drug-likeness (QED) is 0.395. The molecule has 4 nitrogen and oxygen atoms in total. The van der Waals surface area contributed by atoms with E-state index < -0.39 is 5.91 Å². The second-order valence-electron chi connectivity index (χ2n) is 6.01. The molecule has 0 radical (unpaired) electrons. The monoisotopic (exact) mass is 424 g/mol. The predicted molar refractivity (Wildman–Crippen MR) is 119 cm³/mol. The van der Waals surface area contributed by atoms with Crippen molar-refractivity contribution < 1.29 is 9.53 Å². The highest BCUT2D eigenvalue weighted by atomic mass is 35.5. The van der Waals surface area contributed by atoms with E-state index in [0.29, 0.717) is 21.5 Å². The predicted octanol–water partition coefficient (Wildman–Crippen LogP) is 5.61. The van der Waals surface area contributed by atoms with E-state index in [1.54, 1.807) is 18.2 Å². The molecule has 146 valence electrons. The van der Waals surface area contributed by atoms with E-state index in [0.717, 1.165) is 11.1 Å². The normalized spacial score (nSPS) is 11.4. The third-order valence-corrected chi connectivity index (χ3v) is 4.39. The molecule has 0 spiro atoms. The minimum absolute atomic E-state index is 0.227. The number of benzene rings is 3. The minimum atomic E-state index is -0.405. The van der Waals surface area contributed by atoms with Crippen LogP contribution in [0.15, 0.2) is 90.0 Å². The van der Waals surface area contributed by atoms with Gasteiger partial charge in [0.1, 0.15) is 5.75 Å². The highest BCUT2D eigenvalue weighted by Crippen LogP contribution is 2.27. The number of ether oxygens (including phenoxy) is 1. The Morgan fingerprint density at radius 3 is 2.34 bits per heavy atom. The van der Waals surface area contributed by atoms with Crippen molar-refractivity contribution in [1.29, 1.82) is 0 Å². The van der Waals surface area contributed by atoms with Gasteiger partial charge >= 0.3 is 0 Å². The topological polar surface area (TPSA) is 50.7 Å². The SMILES string of the molecule is O=C(COc1ccc(Cl)cc1Cl)NN=C(/C=C\c1ccccc1)c1ccccc1. The van der Waals surface area contributed by atoms with E-state index >= 15 is 0 Å². The third kappa shape index (κ3) is 6.49.